The maximum absolute atomic E-state index is 11.1. The van der Waals surface area contributed by atoms with Crippen molar-refractivity contribution in [2.24, 2.45) is 0 Å². The average Bonchev–Trinajstić information content (AvgIpc) is 2.85. The molecule has 0 radical (unpaired) electrons. The molecule has 2 rings (SSSR count). The van der Waals surface area contributed by atoms with Crippen molar-refractivity contribution in [1.29, 1.82) is 0 Å². The number of rotatable bonds is 2. The monoisotopic (exact) mass is 239 g/mol. The number of anilines is 1. The second-order valence-electron chi connectivity index (χ2n) is 5.34. The predicted molar refractivity (Wildman–Crippen MR) is 61.0 cm³/mol. The molecule has 1 saturated heterocycles. The summed E-state index contributed by atoms with van der Waals surface area (Å²) < 4.78 is 5.17. The topological polar surface area (TPSA) is 79.5 Å². The van der Waals surface area contributed by atoms with Crippen molar-refractivity contribution in [2.45, 2.75) is 45.1 Å². The summed E-state index contributed by atoms with van der Waals surface area (Å²) in [5, 5.41) is 13.0. The Morgan fingerprint density at radius 3 is 2.76 bits per heavy atom. The fourth-order valence-electron chi connectivity index (χ4n) is 1.90. The first kappa shape index (κ1) is 11.9. The molecule has 1 fully saturated rings. The predicted octanol–water partition coefficient (Wildman–Crippen LogP) is 1.42. The quantitative estimate of drug-likeness (QED) is 0.840. The molecule has 6 nitrogen and oxygen atoms in total. The Hall–Kier alpha value is -1.59. The molecule has 0 amide bonds. The van der Waals surface area contributed by atoms with E-state index in [1.54, 1.807) is 4.90 Å². The van der Waals surface area contributed by atoms with Crippen LogP contribution < -0.4 is 4.90 Å². The van der Waals surface area contributed by atoms with Gasteiger partial charge in [0.15, 0.2) is 0 Å². The van der Waals surface area contributed by atoms with Crippen molar-refractivity contribution in [1.82, 2.24) is 10.1 Å². The maximum atomic E-state index is 11.1. The smallest absolute Gasteiger partial charge is 0.326 e. The minimum Gasteiger partial charge on any atom is -0.480 e. The van der Waals surface area contributed by atoms with Crippen LogP contribution in [0.25, 0.3) is 0 Å². The van der Waals surface area contributed by atoms with Crippen molar-refractivity contribution in [3.63, 3.8) is 0 Å². The Labute approximate surface area is 99.6 Å². The highest BCUT2D eigenvalue weighted by atomic mass is 16.5. The zero-order valence-electron chi connectivity index (χ0n) is 10.3. The summed E-state index contributed by atoms with van der Waals surface area (Å²) in [6.45, 7) is 6.59. The van der Waals surface area contributed by atoms with Crippen LogP contribution in [-0.2, 0) is 10.2 Å². The van der Waals surface area contributed by atoms with Crippen LogP contribution in [0.5, 0.6) is 0 Å². The van der Waals surface area contributed by atoms with Crippen LogP contribution in [0.1, 0.15) is 39.5 Å². The molecular formula is C11H17N3O3. The van der Waals surface area contributed by atoms with E-state index in [1.165, 1.54) is 0 Å². The van der Waals surface area contributed by atoms with Gasteiger partial charge in [0.2, 0.25) is 5.89 Å². The molecular weight excluding hydrogens is 222 g/mol. The maximum Gasteiger partial charge on any atom is 0.326 e. The molecule has 1 atom stereocenters. The van der Waals surface area contributed by atoms with Crippen LogP contribution >= 0.6 is 0 Å². The number of nitrogens with zero attached hydrogens (tertiary/aromatic N) is 3. The number of aromatic nitrogens is 2. The molecule has 1 aromatic heterocycles. The molecule has 2 heterocycles. The Bertz CT molecular complexity index is 422. The van der Waals surface area contributed by atoms with Gasteiger partial charge in [-0.3, -0.25) is 0 Å². The summed E-state index contributed by atoms with van der Waals surface area (Å²) in [5.41, 5.74) is -0.219. The summed E-state index contributed by atoms with van der Waals surface area (Å²) in [6.07, 6.45) is 1.48. The van der Waals surface area contributed by atoms with E-state index in [-0.39, 0.29) is 5.41 Å². The van der Waals surface area contributed by atoms with E-state index >= 15 is 0 Å². The third kappa shape index (κ3) is 2.25. The van der Waals surface area contributed by atoms with Crippen molar-refractivity contribution >= 4 is 11.9 Å². The minimum absolute atomic E-state index is 0.219. The van der Waals surface area contributed by atoms with Gasteiger partial charge < -0.3 is 14.5 Å². The van der Waals surface area contributed by atoms with E-state index in [2.05, 4.69) is 10.1 Å². The van der Waals surface area contributed by atoms with E-state index in [0.29, 0.717) is 24.8 Å². The number of hydrogen-bond acceptors (Lipinski definition) is 5. The largest absolute Gasteiger partial charge is 0.480 e. The Kier molecular flexibility index (Phi) is 2.81. The van der Waals surface area contributed by atoms with Gasteiger partial charge in [0.05, 0.1) is 0 Å². The highest BCUT2D eigenvalue weighted by molar-refractivity contribution is 5.77. The zero-order chi connectivity index (χ0) is 12.6. The van der Waals surface area contributed by atoms with E-state index in [9.17, 15) is 4.79 Å². The van der Waals surface area contributed by atoms with Gasteiger partial charge in [-0.05, 0) is 18.0 Å². The molecule has 0 saturated carbocycles. The first-order valence-electron chi connectivity index (χ1n) is 5.73. The lowest BCUT2D eigenvalue weighted by atomic mass is 9.97. The van der Waals surface area contributed by atoms with Gasteiger partial charge in [-0.25, -0.2) is 4.79 Å². The first-order valence-corrected chi connectivity index (χ1v) is 5.73. The van der Waals surface area contributed by atoms with E-state index in [1.807, 2.05) is 20.8 Å². The van der Waals surface area contributed by atoms with E-state index in [4.69, 9.17) is 9.63 Å². The lowest BCUT2D eigenvalue weighted by molar-refractivity contribution is -0.138. The summed E-state index contributed by atoms with van der Waals surface area (Å²) >= 11 is 0. The van der Waals surface area contributed by atoms with Gasteiger partial charge in [0.25, 0.3) is 5.95 Å². The Morgan fingerprint density at radius 2 is 2.24 bits per heavy atom. The number of hydrogen-bond donors (Lipinski definition) is 1. The zero-order valence-corrected chi connectivity index (χ0v) is 10.3. The lowest BCUT2D eigenvalue weighted by Gasteiger charge is -2.18. The molecule has 0 bridgehead atoms. The normalized spacial score (nSPS) is 20.9. The van der Waals surface area contributed by atoms with Gasteiger partial charge in [-0.15, -0.1) is 0 Å². The van der Waals surface area contributed by atoms with Crippen LogP contribution in [0.3, 0.4) is 0 Å². The molecule has 1 N–H and O–H groups in total. The van der Waals surface area contributed by atoms with E-state index in [0.717, 1.165) is 6.42 Å². The SMILES string of the molecule is CC(C)(C)c1nc(N2CCC[C@@H]2C(=O)O)no1. The van der Waals surface area contributed by atoms with Gasteiger partial charge in [-0.2, -0.15) is 4.98 Å². The molecule has 0 aromatic carbocycles. The van der Waals surface area contributed by atoms with Gasteiger partial charge in [0.1, 0.15) is 6.04 Å². The second-order valence-corrected chi connectivity index (χ2v) is 5.34. The fourth-order valence-corrected chi connectivity index (χ4v) is 1.90. The summed E-state index contributed by atoms with van der Waals surface area (Å²) in [4.78, 5) is 17.0. The molecule has 1 aliphatic rings. The highest BCUT2D eigenvalue weighted by Gasteiger charge is 2.34. The van der Waals surface area contributed by atoms with Gasteiger partial charge in [-0.1, -0.05) is 20.8 Å². The number of carbonyl (C=O) groups is 1. The molecule has 1 aliphatic heterocycles. The second kappa shape index (κ2) is 4.01. The molecule has 0 spiro atoms. The van der Waals surface area contributed by atoms with Gasteiger partial charge in [0, 0.05) is 12.0 Å². The van der Waals surface area contributed by atoms with Crippen molar-refractivity contribution in [3.8, 4) is 0 Å². The molecule has 0 aliphatic carbocycles. The van der Waals surface area contributed by atoms with Crippen molar-refractivity contribution in [2.75, 3.05) is 11.4 Å². The molecule has 17 heavy (non-hydrogen) atoms. The van der Waals surface area contributed by atoms with Crippen molar-refractivity contribution in [3.05, 3.63) is 5.89 Å². The summed E-state index contributed by atoms with van der Waals surface area (Å²) in [5.74, 6) is 0.0907. The average molecular weight is 239 g/mol. The molecule has 6 heteroatoms. The first-order chi connectivity index (χ1) is 7.89. The van der Waals surface area contributed by atoms with Crippen LogP contribution in [0.2, 0.25) is 0 Å². The standard InChI is InChI=1S/C11H17N3O3/c1-11(2,3)9-12-10(13-17-9)14-6-4-5-7(14)8(15)16/h7H,4-6H2,1-3H3,(H,15,16)/t7-/m1/s1. The summed E-state index contributed by atoms with van der Waals surface area (Å²) in [7, 11) is 0. The number of aliphatic carboxylic acids is 1. The lowest BCUT2D eigenvalue weighted by Crippen LogP contribution is -2.36. The molecule has 0 unspecified atom stereocenters. The van der Waals surface area contributed by atoms with Gasteiger partial charge >= 0.3 is 5.97 Å². The van der Waals surface area contributed by atoms with Crippen molar-refractivity contribution < 1.29 is 14.4 Å². The van der Waals surface area contributed by atoms with Crippen LogP contribution in [0.4, 0.5) is 5.95 Å². The van der Waals surface area contributed by atoms with E-state index < -0.39 is 12.0 Å². The van der Waals surface area contributed by atoms with Crippen LogP contribution in [0.15, 0.2) is 4.52 Å². The minimum atomic E-state index is -0.829. The summed E-state index contributed by atoms with van der Waals surface area (Å²) in [6, 6.07) is -0.527. The third-order valence-electron chi connectivity index (χ3n) is 2.85. The Balaban J connectivity index is 2.23. The number of carboxylic acids is 1. The van der Waals surface area contributed by atoms with Crippen LogP contribution in [0, 0.1) is 0 Å². The highest BCUT2D eigenvalue weighted by Crippen LogP contribution is 2.26. The Morgan fingerprint density at radius 1 is 1.53 bits per heavy atom. The fraction of sp³-hybridized carbons (Fsp3) is 0.727. The third-order valence-corrected chi connectivity index (χ3v) is 2.85. The van der Waals surface area contributed by atoms with Crippen LogP contribution in [-0.4, -0.2) is 33.8 Å². The number of carboxylic acid groups (broad SMARTS) is 1. The molecule has 1 aromatic rings. The molecule has 94 valence electrons.